The van der Waals surface area contributed by atoms with Gasteiger partial charge in [0.25, 0.3) is 0 Å². The van der Waals surface area contributed by atoms with Gasteiger partial charge in [0, 0.05) is 30.5 Å². The van der Waals surface area contributed by atoms with E-state index in [0.29, 0.717) is 22.7 Å². The summed E-state index contributed by atoms with van der Waals surface area (Å²) in [4.78, 5) is 29.8. The van der Waals surface area contributed by atoms with E-state index >= 15 is 0 Å². The maximum Gasteiger partial charge on any atom is 0.352 e. The SMILES string of the molecule is COCc1cc2nn(CC(=O)Nc3ccc(F)c(F)c3)c(=O)n2c(-c2ccccc2)n1. The Hall–Kier alpha value is -3.92. The standard InChI is InChI=1S/C21H17F2N5O3/c1-31-12-15-10-18-26-27(11-19(29)24-14-7-8-16(22)17(23)9-14)21(30)28(18)20(25-15)13-5-3-2-4-6-13/h2-10H,11-12H2,1H3,(H,24,29). The molecular formula is C21H17F2N5O3. The molecule has 0 saturated carbocycles. The van der Waals surface area contributed by atoms with E-state index in [9.17, 15) is 18.4 Å². The van der Waals surface area contributed by atoms with Gasteiger partial charge >= 0.3 is 5.69 Å². The van der Waals surface area contributed by atoms with Crippen molar-refractivity contribution in [2.75, 3.05) is 12.4 Å². The first-order chi connectivity index (χ1) is 15.0. The van der Waals surface area contributed by atoms with Gasteiger partial charge in [-0.05, 0) is 12.1 Å². The zero-order valence-electron chi connectivity index (χ0n) is 16.4. The quantitative estimate of drug-likeness (QED) is 0.513. The molecule has 2 aromatic heterocycles. The number of fused-ring (bicyclic) bond motifs is 1. The topological polar surface area (TPSA) is 90.5 Å². The van der Waals surface area contributed by atoms with Crippen LogP contribution in [0.3, 0.4) is 0 Å². The number of carbonyl (C=O) groups excluding carboxylic acids is 1. The van der Waals surface area contributed by atoms with Crippen molar-refractivity contribution >= 4 is 17.2 Å². The van der Waals surface area contributed by atoms with Crippen LogP contribution in [0.5, 0.6) is 0 Å². The predicted octanol–water partition coefficient (Wildman–Crippen LogP) is 2.62. The molecule has 0 atom stereocenters. The minimum atomic E-state index is -1.09. The lowest BCUT2D eigenvalue weighted by Gasteiger charge is -2.06. The second-order valence-corrected chi connectivity index (χ2v) is 6.68. The van der Waals surface area contributed by atoms with Crippen LogP contribution in [0.15, 0.2) is 59.4 Å². The Morgan fingerprint density at radius 1 is 1.10 bits per heavy atom. The largest absolute Gasteiger partial charge is 0.378 e. The normalized spacial score (nSPS) is 11.1. The van der Waals surface area contributed by atoms with Gasteiger partial charge in [-0.15, -0.1) is 5.10 Å². The predicted molar refractivity (Wildman–Crippen MR) is 108 cm³/mol. The van der Waals surface area contributed by atoms with Crippen molar-refractivity contribution in [2.45, 2.75) is 13.2 Å². The smallest absolute Gasteiger partial charge is 0.352 e. The van der Waals surface area contributed by atoms with Gasteiger partial charge in [0.2, 0.25) is 5.91 Å². The lowest BCUT2D eigenvalue weighted by Crippen LogP contribution is -2.28. The minimum absolute atomic E-state index is 0.0646. The molecule has 0 saturated heterocycles. The van der Waals surface area contributed by atoms with Crippen molar-refractivity contribution in [3.63, 3.8) is 0 Å². The van der Waals surface area contributed by atoms with E-state index in [-0.39, 0.29) is 12.3 Å². The Labute approximate surface area is 174 Å². The number of hydrogen-bond donors (Lipinski definition) is 1. The van der Waals surface area contributed by atoms with Gasteiger partial charge in [-0.3, -0.25) is 4.79 Å². The Balaban J connectivity index is 1.70. The highest BCUT2D eigenvalue weighted by Crippen LogP contribution is 2.18. The second kappa shape index (κ2) is 8.44. The van der Waals surface area contributed by atoms with E-state index in [1.807, 2.05) is 18.2 Å². The summed E-state index contributed by atoms with van der Waals surface area (Å²) in [5, 5.41) is 6.65. The Kier molecular flexibility index (Phi) is 5.54. The van der Waals surface area contributed by atoms with Crippen LogP contribution in [0.2, 0.25) is 0 Å². The molecule has 0 aliphatic heterocycles. The van der Waals surface area contributed by atoms with Gasteiger partial charge in [0.15, 0.2) is 17.3 Å². The molecule has 158 valence electrons. The molecule has 1 amide bonds. The van der Waals surface area contributed by atoms with Crippen LogP contribution < -0.4 is 11.0 Å². The molecule has 10 heteroatoms. The molecule has 2 aromatic carbocycles. The third-order valence-corrected chi connectivity index (χ3v) is 4.44. The highest BCUT2D eigenvalue weighted by atomic mass is 19.2. The number of ether oxygens (including phenoxy) is 1. The molecule has 0 bridgehead atoms. The van der Waals surface area contributed by atoms with Crippen LogP contribution in [0.1, 0.15) is 5.69 Å². The summed E-state index contributed by atoms with van der Waals surface area (Å²) in [6.45, 7) is -0.207. The van der Waals surface area contributed by atoms with E-state index in [1.165, 1.54) is 17.6 Å². The van der Waals surface area contributed by atoms with Gasteiger partial charge in [-0.25, -0.2) is 27.6 Å². The minimum Gasteiger partial charge on any atom is -0.378 e. The Morgan fingerprint density at radius 3 is 2.58 bits per heavy atom. The molecule has 31 heavy (non-hydrogen) atoms. The van der Waals surface area contributed by atoms with Gasteiger partial charge in [0.05, 0.1) is 12.3 Å². The van der Waals surface area contributed by atoms with Crippen LogP contribution in [-0.2, 0) is 22.7 Å². The first-order valence-electron chi connectivity index (χ1n) is 9.25. The van der Waals surface area contributed by atoms with Gasteiger partial charge in [-0.2, -0.15) is 0 Å². The van der Waals surface area contributed by atoms with Crippen molar-refractivity contribution < 1.29 is 18.3 Å². The van der Waals surface area contributed by atoms with Crippen LogP contribution in [0, 0.1) is 11.6 Å². The fourth-order valence-corrected chi connectivity index (χ4v) is 3.10. The summed E-state index contributed by atoms with van der Waals surface area (Å²) in [5.74, 6) is -2.38. The zero-order chi connectivity index (χ0) is 22.0. The lowest BCUT2D eigenvalue weighted by molar-refractivity contribution is -0.117. The van der Waals surface area contributed by atoms with E-state index < -0.39 is 29.8 Å². The fraction of sp³-hybridized carbons (Fsp3) is 0.143. The van der Waals surface area contributed by atoms with Crippen molar-refractivity contribution in [3.05, 3.63) is 82.4 Å². The highest BCUT2D eigenvalue weighted by molar-refractivity contribution is 5.90. The molecule has 1 N–H and O–H groups in total. The summed E-state index contributed by atoms with van der Waals surface area (Å²) >= 11 is 0. The first kappa shape index (κ1) is 20.4. The number of amides is 1. The molecule has 0 fully saturated rings. The van der Waals surface area contributed by atoms with Gasteiger partial charge in [-0.1, -0.05) is 30.3 Å². The number of rotatable bonds is 6. The number of halogens is 2. The summed E-state index contributed by atoms with van der Waals surface area (Å²) in [6.07, 6.45) is 0. The van der Waals surface area contributed by atoms with E-state index in [0.717, 1.165) is 16.8 Å². The average molecular weight is 425 g/mol. The summed E-state index contributed by atoms with van der Waals surface area (Å²) in [7, 11) is 1.53. The van der Waals surface area contributed by atoms with Crippen LogP contribution in [0.4, 0.5) is 14.5 Å². The van der Waals surface area contributed by atoms with Crippen LogP contribution in [-0.4, -0.2) is 32.2 Å². The molecular weight excluding hydrogens is 408 g/mol. The summed E-state index contributed by atoms with van der Waals surface area (Å²) in [6, 6.07) is 13.7. The number of carbonyl (C=O) groups is 1. The lowest BCUT2D eigenvalue weighted by atomic mass is 10.2. The Bertz CT molecular complexity index is 1320. The number of methoxy groups -OCH3 is 1. The molecule has 0 aliphatic carbocycles. The fourth-order valence-electron chi connectivity index (χ4n) is 3.10. The second-order valence-electron chi connectivity index (χ2n) is 6.68. The van der Waals surface area contributed by atoms with Gasteiger partial charge in [0.1, 0.15) is 12.4 Å². The van der Waals surface area contributed by atoms with Crippen molar-refractivity contribution in [2.24, 2.45) is 0 Å². The number of nitrogens with one attached hydrogen (secondary N) is 1. The number of hydrogen-bond acceptors (Lipinski definition) is 5. The molecule has 0 aliphatic rings. The number of nitrogens with zero attached hydrogens (tertiary/aromatic N) is 4. The average Bonchev–Trinajstić information content (AvgIpc) is 3.06. The Morgan fingerprint density at radius 2 is 1.87 bits per heavy atom. The highest BCUT2D eigenvalue weighted by Gasteiger charge is 2.17. The van der Waals surface area contributed by atoms with E-state index in [1.54, 1.807) is 18.2 Å². The first-order valence-corrected chi connectivity index (χ1v) is 9.25. The van der Waals surface area contributed by atoms with Crippen LogP contribution >= 0.6 is 0 Å². The van der Waals surface area contributed by atoms with E-state index in [2.05, 4.69) is 15.4 Å². The maximum absolute atomic E-state index is 13.4. The summed E-state index contributed by atoms with van der Waals surface area (Å²) in [5.41, 5.74) is 1.06. The number of anilines is 1. The molecule has 4 rings (SSSR count). The summed E-state index contributed by atoms with van der Waals surface area (Å²) < 4.78 is 33.8. The van der Waals surface area contributed by atoms with Gasteiger partial charge < -0.3 is 10.1 Å². The molecule has 4 aromatic rings. The number of aromatic nitrogens is 4. The monoisotopic (exact) mass is 425 g/mol. The zero-order valence-corrected chi connectivity index (χ0v) is 16.4. The van der Waals surface area contributed by atoms with Crippen molar-refractivity contribution in [1.82, 2.24) is 19.2 Å². The molecule has 0 unspecified atom stereocenters. The maximum atomic E-state index is 13.4. The molecule has 0 radical (unpaired) electrons. The van der Waals surface area contributed by atoms with Crippen LogP contribution in [0.25, 0.3) is 17.0 Å². The third kappa shape index (κ3) is 4.19. The molecule has 0 spiro atoms. The van der Waals surface area contributed by atoms with Crippen molar-refractivity contribution in [1.29, 1.82) is 0 Å². The van der Waals surface area contributed by atoms with E-state index in [4.69, 9.17) is 4.74 Å². The molecule has 2 heterocycles. The third-order valence-electron chi connectivity index (χ3n) is 4.44. The van der Waals surface area contributed by atoms with Crippen molar-refractivity contribution in [3.8, 4) is 11.4 Å². The number of benzene rings is 2. The molecule has 8 nitrogen and oxygen atoms in total.